The number of esters is 2. The lowest BCUT2D eigenvalue weighted by Crippen LogP contribution is -2.57. The van der Waals surface area contributed by atoms with Crippen molar-refractivity contribution >= 4 is 70.3 Å². The molecule has 5 unspecified atom stereocenters. The SMILES string of the molecule is CCCCCCCCCCCCCCCC(=O)OCC(CSCC(N)C(=O)NC(CO)C(=O)NC(CCCCN)C(=O)NC(C)CCCCNC(=O)c1ccc(Cn2c(O)nc3c(N)nc(NCCCC)nc32)cc1)OC(=O)CCCCCCCCCCCCCCC. The molecule has 0 aliphatic carbocycles. The van der Waals surface area contributed by atoms with Crippen LogP contribution in [0.25, 0.3) is 11.2 Å². The van der Waals surface area contributed by atoms with Gasteiger partial charge in [0.15, 0.2) is 17.0 Å². The highest BCUT2D eigenvalue weighted by Crippen LogP contribution is 2.26. The van der Waals surface area contributed by atoms with Crippen molar-refractivity contribution < 1.29 is 48.5 Å². The lowest BCUT2D eigenvalue weighted by Gasteiger charge is -2.24. The first kappa shape index (κ1) is 81.5. The number of hydrogen-bond acceptors (Lipinski definition) is 18. The number of nitrogens with two attached hydrogens (primary N) is 3. The van der Waals surface area contributed by atoms with E-state index in [0.29, 0.717) is 80.8 Å². The van der Waals surface area contributed by atoms with Crippen LogP contribution in [0.15, 0.2) is 24.3 Å². The number of anilines is 2. The van der Waals surface area contributed by atoms with Crippen molar-refractivity contribution in [2.45, 2.75) is 296 Å². The van der Waals surface area contributed by atoms with Gasteiger partial charge >= 0.3 is 11.9 Å². The molecule has 23 heteroatoms. The zero-order valence-corrected chi connectivity index (χ0v) is 58.2. The van der Waals surface area contributed by atoms with Gasteiger partial charge in [-0.3, -0.25) is 33.3 Å². The van der Waals surface area contributed by atoms with E-state index in [1.165, 1.54) is 132 Å². The number of amides is 4. The second-order valence-electron chi connectivity index (χ2n) is 25.3. The van der Waals surface area contributed by atoms with Crippen LogP contribution in [0.2, 0.25) is 0 Å². The Bertz CT molecular complexity index is 2520. The number of thioether (sulfide) groups is 1. The third-order valence-corrected chi connectivity index (χ3v) is 17.9. The van der Waals surface area contributed by atoms with Crippen LogP contribution in [0.1, 0.15) is 275 Å². The normalized spacial score (nSPS) is 13.0. The number of aromatic nitrogens is 4. The fraction of sp³-hybridized carbons (Fsp3) is 0.757. The summed E-state index contributed by atoms with van der Waals surface area (Å²) >= 11 is 1.25. The number of unbranched alkanes of at least 4 members (excludes halogenated alkanes) is 27. The van der Waals surface area contributed by atoms with Crippen molar-refractivity contribution in [2.24, 2.45) is 11.5 Å². The fourth-order valence-electron chi connectivity index (χ4n) is 11.0. The maximum Gasteiger partial charge on any atom is 0.306 e. The Hall–Kier alpha value is -5.78. The van der Waals surface area contributed by atoms with Gasteiger partial charge in [0, 0.05) is 49.0 Å². The second-order valence-corrected chi connectivity index (χ2v) is 26.3. The molecule has 5 atom stereocenters. The summed E-state index contributed by atoms with van der Waals surface area (Å²) in [7, 11) is 0. The van der Waals surface area contributed by atoms with Crippen LogP contribution in [0.4, 0.5) is 11.8 Å². The number of hydrogen-bond donors (Lipinski definition) is 10. The second kappa shape index (κ2) is 51.5. The summed E-state index contributed by atoms with van der Waals surface area (Å²) in [5, 5.41) is 35.3. The molecule has 528 valence electrons. The van der Waals surface area contributed by atoms with E-state index in [1.807, 2.05) is 6.92 Å². The Morgan fingerprint density at radius 1 is 0.591 bits per heavy atom. The van der Waals surface area contributed by atoms with Crippen molar-refractivity contribution in [3.8, 4) is 6.01 Å². The van der Waals surface area contributed by atoms with E-state index >= 15 is 0 Å². The standard InChI is InChI=1S/C70H122N12O10S/c1-5-8-11-13-15-17-19-21-23-25-27-29-31-39-60(84)91-50-56(92-61(85)40-32-30-28-26-24-22-20-18-16-14-12-9-6-2)51-93-52-57(72)66(87)78-59(49-83)68(89)77-58(38-33-35-45-71)67(88)76-53(4)37-34-36-47-74-65(86)55-43-41-54(42-44-55)48-82-64-62(79-70(82)90)63(73)80-69(81-64)75-46-10-7-3/h41-44,53,56-59,83H,5-40,45-52,71-72H2,1-4H3,(H,74,86)(H,76,88)(H,77,89)(H,78,87)(H,79,90)(H3,73,75,80,81). The number of aliphatic hydroxyl groups is 1. The minimum atomic E-state index is -1.41. The number of carbonyl (C=O) groups is 6. The van der Waals surface area contributed by atoms with Gasteiger partial charge in [0.1, 0.15) is 24.8 Å². The number of nitrogen functional groups attached to an aromatic ring is 1. The maximum atomic E-state index is 13.7. The van der Waals surface area contributed by atoms with Gasteiger partial charge in [-0.05, 0) is 89.0 Å². The summed E-state index contributed by atoms with van der Waals surface area (Å²) in [5.41, 5.74) is 20.2. The number of imidazole rings is 1. The predicted molar refractivity (Wildman–Crippen MR) is 375 cm³/mol. The molecule has 0 radical (unpaired) electrons. The molecular weight excluding hydrogens is 1200 g/mol. The van der Waals surface area contributed by atoms with Gasteiger partial charge in [-0.15, -0.1) is 0 Å². The van der Waals surface area contributed by atoms with Crippen LogP contribution in [0.3, 0.4) is 0 Å². The topological polar surface area (TPSA) is 343 Å². The van der Waals surface area contributed by atoms with Gasteiger partial charge in [-0.2, -0.15) is 26.7 Å². The Morgan fingerprint density at radius 3 is 1.68 bits per heavy atom. The Morgan fingerprint density at radius 2 is 1.12 bits per heavy atom. The molecule has 0 spiro atoms. The molecule has 93 heavy (non-hydrogen) atoms. The molecule has 0 aliphatic heterocycles. The van der Waals surface area contributed by atoms with Gasteiger partial charge in [0.2, 0.25) is 23.7 Å². The average molecular weight is 1320 g/mol. The molecule has 2 aromatic heterocycles. The van der Waals surface area contributed by atoms with Crippen molar-refractivity contribution in [1.82, 2.24) is 40.8 Å². The van der Waals surface area contributed by atoms with E-state index in [2.05, 4.69) is 62.3 Å². The van der Waals surface area contributed by atoms with Crippen LogP contribution in [0.5, 0.6) is 6.01 Å². The fourth-order valence-corrected chi connectivity index (χ4v) is 11.9. The Balaban J connectivity index is 1.44. The third-order valence-electron chi connectivity index (χ3n) is 16.7. The highest BCUT2D eigenvalue weighted by atomic mass is 32.2. The van der Waals surface area contributed by atoms with Crippen LogP contribution < -0.4 is 43.8 Å². The van der Waals surface area contributed by atoms with E-state index in [0.717, 1.165) is 63.4 Å². The van der Waals surface area contributed by atoms with Gasteiger partial charge < -0.3 is 63.5 Å². The maximum absolute atomic E-state index is 13.7. The number of aliphatic hydroxyl groups excluding tert-OH is 1. The molecule has 3 aromatic rings. The number of nitrogens with zero attached hydrogens (tertiary/aromatic N) is 4. The summed E-state index contributed by atoms with van der Waals surface area (Å²) in [4.78, 5) is 92.7. The van der Waals surface area contributed by atoms with E-state index in [4.69, 9.17) is 26.7 Å². The van der Waals surface area contributed by atoms with Crippen LogP contribution in [-0.4, -0.2) is 140 Å². The lowest BCUT2D eigenvalue weighted by atomic mass is 10.0. The molecule has 13 N–H and O–H groups in total. The van der Waals surface area contributed by atoms with E-state index in [1.54, 1.807) is 24.3 Å². The highest BCUT2D eigenvalue weighted by Gasteiger charge is 2.29. The lowest BCUT2D eigenvalue weighted by molar-refractivity contribution is -0.157. The van der Waals surface area contributed by atoms with Crippen molar-refractivity contribution in [3.05, 3.63) is 35.4 Å². The number of benzene rings is 1. The third kappa shape index (κ3) is 36.6. The van der Waals surface area contributed by atoms with Crippen LogP contribution >= 0.6 is 11.8 Å². The largest absolute Gasteiger partial charge is 0.480 e. The molecule has 3 rings (SSSR count). The molecule has 0 bridgehead atoms. The summed E-state index contributed by atoms with van der Waals surface area (Å²) in [6, 6.07) is 2.95. The highest BCUT2D eigenvalue weighted by molar-refractivity contribution is 7.99. The molecular formula is C70H122N12O10S. The summed E-state index contributed by atoms with van der Waals surface area (Å²) < 4.78 is 13.0. The van der Waals surface area contributed by atoms with Crippen molar-refractivity contribution in [1.29, 1.82) is 0 Å². The summed E-state index contributed by atoms with van der Waals surface area (Å²) in [5.74, 6) is -2.06. The number of ether oxygens (including phenoxy) is 2. The van der Waals surface area contributed by atoms with Gasteiger partial charge in [-0.25, -0.2) is 0 Å². The minimum absolute atomic E-state index is 0.0692. The molecule has 0 saturated carbocycles. The number of rotatable bonds is 58. The van der Waals surface area contributed by atoms with Gasteiger partial charge in [0.25, 0.3) is 11.9 Å². The summed E-state index contributed by atoms with van der Waals surface area (Å²) in [6.07, 6.45) is 36.1. The van der Waals surface area contributed by atoms with E-state index < -0.39 is 48.6 Å². The average Bonchev–Trinajstić information content (AvgIpc) is 1.66. The first-order chi connectivity index (χ1) is 45.1. The van der Waals surface area contributed by atoms with E-state index in [9.17, 15) is 39.0 Å². The van der Waals surface area contributed by atoms with Crippen molar-refractivity contribution in [3.63, 3.8) is 0 Å². The predicted octanol–water partition coefficient (Wildman–Crippen LogP) is 11.3. The zero-order valence-electron chi connectivity index (χ0n) is 57.4. The Labute approximate surface area is 560 Å². The van der Waals surface area contributed by atoms with Crippen LogP contribution in [0, 0.1) is 0 Å². The van der Waals surface area contributed by atoms with E-state index in [-0.39, 0.29) is 79.6 Å². The first-order valence-electron chi connectivity index (χ1n) is 35.9. The molecule has 0 fully saturated rings. The molecule has 2 heterocycles. The van der Waals surface area contributed by atoms with Crippen LogP contribution in [-0.2, 0) is 40.0 Å². The number of aromatic hydroxyl groups is 1. The smallest absolute Gasteiger partial charge is 0.306 e. The van der Waals surface area contributed by atoms with Gasteiger partial charge in [-0.1, -0.05) is 193 Å². The van der Waals surface area contributed by atoms with Gasteiger partial charge in [0.05, 0.1) is 19.2 Å². The quantitative estimate of drug-likeness (QED) is 0.0185. The molecule has 0 saturated heterocycles. The molecule has 0 aliphatic rings. The van der Waals surface area contributed by atoms with Crippen molar-refractivity contribution in [2.75, 3.05) is 55.4 Å². The Kier molecular flexibility index (Phi) is 45.1. The first-order valence-corrected chi connectivity index (χ1v) is 37.0. The number of fused-ring (bicyclic) bond motifs is 1. The number of carbonyl (C=O) groups excluding carboxylic acids is 6. The molecule has 22 nitrogen and oxygen atoms in total. The monoisotopic (exact) mass is 1320 g/mol. The number of nitrogens with one attached hydrogen (secondary N) is 5. The zero-order chi connectivity index (χ0) is 67.7. The summed E-state index contributed by atoms with van der Waals surface area (Å²) in [6.45, 7) is 9.24. The minimum Gasteiger partial charge on any atom is -0.480 e. The molecule has 1 aromatic carbocycles. The molecule has 4 amide bonds.